The van der Waals surface area contributed by atoms with Gasteiger partial charge in [0.2, 0.25) is 15.9 Å². The molecule has 11 heteroatoms. The number of benzene rings is 2. The fraction of sp³-hybridized carbons (Fsp3) is 0.348. The minimum Gasteiger partial charge on any atom is -0.494 e. The van der Waals surface area contributed by atoms with E-state index in [1.54, 1.807) is 43.3 Å². The minimum atomic E-state index is -3.73. The molecule has 0 aliphatic rings. The number of carbonyl (C=O) groups is 2. The van der Waals surface area contributed by atoms with E-state index in [1.165, 1.54) is 7.11 Å². The summed E-state index contributed by atoms with van der Waals surface area (Å²) in [6.45, 7) is 2.14. The van der Waals surface area contributed by atoms with Gasteiger partial charge in [-0.2, -0.15) is 0 Å². The molecule has 0 fully saturated rings. The number of nitrogens with one attached hydrogen (secondary N) is 2. The maximum Gasteiger partial charge on any atom is 0.237 e. The lowest BCUT2D eigenvalue weighted by Crippen LogP contribution is -2.37. The molecule has 0 spiro atoms. The number of nitrogens with zero attached hydrogens (tertiary/aromatic N) is 1. The van der Waals surface area contributed by atoms with E-state index in [9.17, 15) is 18.0 Å². The normalized spacial score (nSPS) is 11.8. The van der Waals surface area contributed by atoms with E-state index in [0.29, 0.717) is 36.8 Å². The highest BCUT2D eigenvalue weighted by Crippen LogP contribution is 2.33. The van der Waals surface area contributed by atoms with Gasteiger partial charge >= 0.3 is 0 Å². The number of nitrogens with two attached hydrogens (primary N) is 2. The highest BCUT2D eigenvalue weighted by atomic mass is 32.2. The molecule has 0 unspecified atom stereocenters. The number of guanidine groups is 1. The molecule has 0 radical (unpaired) electrons. The van der Waals surface area contributed by atoms with Gasteiger partial charge in [0, 0.05) is 12.1 Å². The molecule has 0 bridgehead atoms. The van der Waals surface area contributed by atoms with E-state index >= 15 is 0 Å². The Kier molecular flexibility index (Phi) is 9.87. The van der Waals surface area contributed by atoms with Crippen molar-refractivity contribution in [1.82, 2.24) is 5.32 Å². The van der Waals surface area contributed by atoms with Crippen molar-refractivity contribution >= 4 is 33.9 Å². The lowest BCUT2D eigenvalue weighted by Gasteiger charge is -2.18. The number of aldehydes is 1. The van der Waals surface area contributed by atoms with Gasteiger partial charge in [-0.15, -0.1) is 0 Å². The Morgan fingerprint density at radius 2 is 1.88 bits per heavy atom. The number of aliphatic imine (C=N–C) groups is 1. The van der Waals surface area contributed by atoms with Crippen molar-refractivity contribution in [3.05, 3.63) is 59.2 Å². The van der Waals surface area contributed by atoms with Crippen LogP contribution in [0.5, 0.6) is 5.75 Å². The number of anilines is 1. The van der Waals surface area contributed by atoms with Gasteiger partial charge in [0.15, 0.2) is 5.96 Å². The van der Waals surface area contributed by atoms with Crippen molar-refractivity contribution in [2.24, 2.45) is 16.5 Å². The first-order valence-corrected chi connectivity index (χ1v) is 12.3. The maximum absolute atomic E-state index is 12.7. The molecule has 0 aliphatic carbocycles. The minimum absolute atomic E-state index is 0.0338. The number of hydrogen-bond donors (Lipinski definition) is 4. The first-order chi connectivity index (χ1) is 16.1. The van der Waals surface area contributed by atoms with E-state index in [0.717, 1.165) is 5.56 Å². The van der Waals surface area contributed by atoms with Crippen molar-refractivity contribution in [2.45, 2.75) is 38.0 Å². The summed E-state index contributed by atoms with van der Waals surface area (Å²) in [5.74, 6) is -0.387. The molecule has 10 nitrogen and oxygen atoms in total. The average Bonchev–Trinajstić information content (AvgIpc) is 2.78. The maximum atomic E-state index is 12.7. The molecule has 2 rings (SSSR count). The van der Waals surface area contributed by atoms with Crippen molar-refractivity contribution in [2.75, 3.05) is 18.4 Å². The quantitative estimate of drug-likeness (QED) is 0.142. The Morgan fingerprint density at radius 3 is 2.50 bits per heavy atom. The second-order valence-electron chi connectivity index (χ2n) is 7.72. The van der Waals surface area contributed by atoms with Crippen LogP contribution in [0.25, 0.3) is 0 Å². The Hall–Kier alpha value is -3.60. The molecule has 184 valence electrons. The topological polar surface area (TPSA) is 166 Å². The number of rotatable bonds is 13. The molecule has 1 amide bonds. The summed E-state index contributed by atoms with van der Waals surface area (Å²) in [5.41, 5.74) is 12.7. The summed E-state index contributed by atoms with van der Waals surface area (Å²) < 4.78 is 33.4. The second-order valence-corrected chi connectivity index (χ2v) is 9.45. The molecule has 34 heavy (non-hydrogen) atoms. The summed E-state index contributed by atoms with van der Waals surface area (Å²) in [6, 6.07) is 11.4. The fourth-order valence-corrected chi connectivity index (χ4v) is 4.57. The molecule has 0 aliphatic heterocycles. The monoisotopic (exact) mass is 489 g/mol. The van der Waals surface area contributed by atoms with Crippen LogP contribution in [-0.4, -0.2) is 46.3 Å². The molecule has 0 saturated heterocycles. The number of ether oxygens (including phenoxy) is 1. The van der Waals surface area contributed by atoms with Gasteiger partial charge < -0.3 is 26.3 Å². The smallest absolute Gasteiger partial charge is 0.237 e. The predicted octanol–water partition coefficient (Wildman–Crippen LogP) is 1.23. The van der Waals surface area contributed by atoms with Crippen LogP contribution in [0.15, 0.2) is 47.5 Å². The average molecular weight is 490 g/mol. The second kappa shape index (κ2) is 12.6. The third-order valence-corrected chi connectivity index (χ3v) is 6.22. The van der Waals surface area contributed by atoms with E-state index < -0.39 is 22.0 Å². The standard InChI is InChI=1S/C23H31N5O5S/c1-16-10-11-20(28-34(31,32)15-17-7-4-3-5-8-17)22(33-2)19(16)13-21(30)27-18(14-29)9-6-12-26-23(24)25/h3-5,7-8,10-11,14,18,28H,6,9,12-13,15H2,1-2H3,(H,27,30)(H4,24,25,26)/t18-/m0/s1. The molecule has 0 heterocycles. The van der Waals surface area contributed by atoms with Crippen molar-refractivity contribution in [1.29, 1.82) is 0 Å². The van der Waals surface area contributed by atoms with E-state index in [1.807, 2.05) is 6.07 Å². The van der Waals surface area contributed by atoms with Crippen LogP contribution in [0.3, 0.4) is 0 Å². The summed E-state index contributed by atoms with van der Waals surface area (Å²) in [4.78, 5) is 27.9. The first-order valence-electron chi connectivity index (χ1n) is 10.7. The van der Waals surface area contributed by atoms with Gasteiger partial charge in [-0.25, -0.2) is 8.42 Å². The highest BCUT2D eigenvalue weighted by Gasteiger charge is 2.21. The summed E-state index contributed by atoms with van der Waals surface area (Å²) in [7, 11) is -2.32. The number of sulfonamides is 1. The lowest BCUT2D eigenvalue weighted by molar-refractivity contribution is -0.123. The van der Waals surface area contributed by atoms with Gasteiger partial charge in [0.05, 0.1) is 31.0 Å². The molecule has 0 aromatic heterocycles. The zero-order chi connectivity index (χ0) is 25.1. The lowest BCUT2D eigenvalue weighted by atomic mass is 10.0. The molecule has 2 aromatic rings. The number of carbonyl (C=O) groups excluding carboxylic acids is 2. The fourth-order valence-electron chi connectivity index (χ4n) is 3.37. The SMILES string of the molecule is COc1c(NS(=O)(=O)Cc2ccccc2)ccc(C)c1CC(=O)N[C@H](C=O)CCCN=C(N)N. The van der Waals surface area contributed by atoms with Crippen LogP contribution < -0.4 is 26.2 Å². The van der Waals surface area contributed by atoms with E-state index in [4.69, 9.17) is 16.2 Å². The highest BCUT2D eigenvalue weighted by molar-refractivity contribution is 7.91. The van der Waals surface area contributed by atoms with Gasteiger partial charge in [-0.1, -0.05) is 36.4 Å². The predicted molar refractivity (Wildman–Crippen MR) is 132 cm³/mol. The summed E-state index contributed by atoms with van der Waals surface area (Å²) in [6.07, 6.45) is 1.46. The van der Waals surface area contributed by atoms with Crippen molar-refractivity contribution < 1.29 is 22.7 Å². The van der Waals surface area contributed by atoms with Gasteiger partial charge in [0.25, 0.3) is 0 Å². The number of amides is 1. The largest absolute Gasteiger partial charge is 0.494 e. The zero-order valence-electron chi connectivity index (χ0n) is 19.3. The van der Waals surface area contributed by atoms with Crippen LogP contribution in [0.1, 0.15) is 29.5 Å². The van der Waals surface area contributed by atoms with Crippen LogP contribution in [0.2, 0.25) is 0 Å². The molecule has 1 atom stereocenters. The third-order valence-electron chi connectivity index (χ3n) is 4.98. The van der Waals surface area contributed by atoms with Crippen LogP contribution in [0.4, 0.5) is 5.69 Å². The van der Waals surface area contributed by atoms with Crippen molar-refractivity contribution in [3.8, 4) is 5.75 Å². The number of aryl methyl sites for hydroxylation is 1. The molecular weight excluding hydrogens is 458 g/mol. The number of methoxy groups -OCH3 is 1. The van der Waals surface area contributed by atoms with E-state index in [-0.39, 0.29) is 29.6 Å². The van der Waals surface area contributed by atoms with Crippen LogP contribution in [0, 0.1) is 6.92 Å². The summed E-state index contributed by atoms with van der Waals surface area (Å²) in [5, 5.41) is 2.67. The van der Waals surface area contributed by atoms with Gasteiger partial charge in [-0.05, 0) is 37.0 Å². The molecule has 6 N–H and O–H groups in total. The van der Waals surface area contributed by atoms with E-state index in [2.05, 4.69) is 15.0 Å². The Morgan fingerprint density at radius 1 is 1.18 bits per heavy atom. The third kappa shape index (κ3) is 8.39. The zero-order valence-corrected chi connectivity index (χ0v) is 20.1. The Bertz CT molecular complexity index is 1120. The first kappa shape index (κ1) is 26.7. The Labute approximate surface area is 199 Å². The van der Waals surface area contributed by atoms with Gasteiger partial charge in [0.1, 0.15) is 12.0 Å². The van der Waals surface area contributed by atoms with Crippen molar-refractivity contribution in [3.63, 3.8) is 0 Å². The number of hydrogen-bond acceptors (Lipinski definition) is 6. The molecule has 2 aromatic carbocycles. The molecular formula is C23H31N5O5S. The summed E-state index contributed by atoms with van der Waals surface area (Å²) >= 11 is 0. The van der Waals surface area contributed by atoms with Crippen LogP contribution in [-0.2, 0) is 31.8 Å². The Balaban J connectivity index is 2.13. The molecule has 0 saturated carbocycles. The van der Waals surface area contributed by atoms with Crippen LogP contribution >= 0.6 is 0 Å². The van der Waals surface area contributed by atoms with Gasteiger partial charge in [-0.3, -0.25) is 14.5 Å².